The second kappa shape index (κ2) is 11.6. The normalized spacial score (nSPS) is 24.9. The van der Waals surface area contributed by atoms with Gasteiger partial charge in [0.2, 0.25) is 5.91 Å². The smallest absolute Gasteiger partial charge is 0.322 e. The lowest BCUT2D eigenvalue weighted by atomic mass is 9.95. The van der Waals surface area contributed by atoms with Gasteiger partial charge in [-0.3, -0.25) is 4.79 Å². The van der Waals surface area contributed by atoms with Gasteiger partial charge in [0.25, 0.3) is 0 Å². The Labute approximate surface area is 202 Å². The maximum atomic E-state index is 13.1. The standard InChI is InChI=1S/C23H28ClN5O5/c24-15-1-3-16(4-2-15)28-23(32)29-11-18(30)12-33-13-21-20(29)6-5-19(34-21)9-22(31)26-10-17-7-8-25-14-27-17/h1-4,7-8,14,18-21,30H,5-6,9-13H2,(H,26,31)(H,28,32)/t18-,19+,20-,21+/m0/s1. The second-order valence-electron chi connectivity index (χ2n) is 8.40. The van der Waals surface area contributed by atoms with E-state index >= 15 is 0 Å². The molecule has 34 heavy (non-hydrogen) atoms. The number of halogens is 1. The predicted octanol–water partition coefficient (Wildman–Crippen LogP) is 1.98. The summed E-state index contributed by atoms with van der Waals surface area (Å²) in [4.78, 5) is 35.1. The molecule has 182 valence electrons. The summed E-state index contributed by atoms with van der Waals surface area (Å²) < 4.78 is 11.8. The van der Waals surface area contributed by atoms with E-state index in [4.69, 9.17) is 21.1 Å². The molecule has 1 aromatic carbocycles. The number of ether oxygens (including phenoxy) is 2. The largest absolute Gasteiger partial charge is 0.389 e. The van der Waals surface area contributed by atoms with Gasteiger partial charge in [0.1, 0.15) is 12.4 Å². The number of carbonyl (C=O) groups excluding carboxylic acids is 2. The molecule has 2 fully saturated rings. The third-order valence-corrected chi connectivity index (χ3v) is 6.11. The van der Waals surface area contributed by atoms with Crippen molar-refractivity contribution in [1.82, 2.24) is 20.2 Å². The SMILES string of the molecule is O=C(C[C@H]1CC[C@H]2[C@@H](COC[C@@H](O)CN2C(=O)Nc2ccc(Cl)cc2)O1)NCc1ccncn1. The van der Waals surface area contributed by atoms with Crippen LogP contribution in [0.4, 0.5) is 10.5 Å². The number of fused-ring (bicyclic) bond motifs is 1. The van der Waals surface area contributed by atoms with Crippen molar-refractivity contribution in [3.05, 3.63) is 53.6 Å². The lowest BCUT2D eigenvalue weighted by molar-refractivity contribution is -0.149. The van der Waals surface area contributed by atoms with Crippen molar-refractivity contribution in [3.63, 3.8) is 0 Å². The lowest BCUT2D eigenvalue weighted by Gasteiger charge is -2.44. The van der Waals surface area contributed by atoms with E-state index in [2.05, 4.69) is 20.6 Å². The van der Waals surface area contributed by atoms with Crippen molar-refractivity contribution < 1.29 is 24.2 Å². The van der Waals surface area contributed by atoms with Crippen LogP contribution in [0.25, 0.3) is 0 Å². The van der Waals surface area contributed by atoms with Crippen LogP contribution in [0.5, 0.6) is 0 Å². The van der Waals surface area contributed by atoms with Gasteiger partial charge in [-0.15, -0.1) is 0 Å². The molecule has 0 saturated carbocycles. The summed E-state index contributed by atoms with van der Waals surface area (Å²) in [7, 11) is 0. The van der Waals surface area contributed by atoms with Crippen molar-refractivity contribution >= 4 is 29.2 Å². The van der Waals surface area contributed by atoms with Crippen LogP contribution >= 0.6 is 11.6 Å². The van der Waals surface area contributed by atoms with E-state index < -0.39 is 12.2 Å². The van der Waals surface area contributed by atoms with Crippen LogP contribution in [-0.4, -0.2) is 76.0 Å². The molecule has 4 rings (SSSR count). The van der Waals surface area contributed by atoms with Gasteiger partial charge in [0.05, 0.1) is 56.7 Å². The molecule has 3 N–H and O–H groups in total. The fourth-order valence-corrected chi connectivity index (χ4v) is 4.32. The van der Waals surface area contributed by atoms with Crippen molar-refractivity contribution in [1.29, 1.82) is 0 Å². The van der Waals surface area contributed by atoms with Gasteiger partial charge >= 0.3 is 6.03 Å². The third kappa shape index (κ3) is 6.63. The first-order chi connectivity index (χ1) is 16.5. The first-order valence-corrected chi connectivity index (χ1v) is 11.6. The van der Waals surface area contributed by atoms with Crippen LogP contribution in [0, 0.1) is 0 Å². The minimum absolute atomic E-state index is 0.0986. The predicted molar refractivity (Wildman–Crippen MR) is 124 cm³/mol. The molecule has 3 amide bonds. The number of nitrogens with zero attached hydrogens (tertiary/aromatic N) is 3. The van der Waals surface area contributed by atoms with Gasteiger partial charge in [-0.25, -0.2) is 14.8 Å². The number of rotatable bonds is 5. The van der Waals surface area contributed by atoms with E-state index in [1.165, 1.54) is 6.33 Å². The monoisotopic (exact) mass is 489 g/mol. The highest BCUT2D eigenvalue weighted by molar-refractivity contribution is 6.30. The molecule has 1 aromatic heterocycles. The first kappa shape index (κ1) is 24.3. The summed E-state index contributed by atoms with van der Waals surface area (Å²) >= 11 is 5.93. The Morgan fingerprint density at radius 1 is 1.18 bits per heavy atom. The van der Waals surface area contributed by atoms with Gasteiger partial charge in [0.15, 0.2) is 0 Å². The summed E-state index contributed by atoms with van der Waals surface area (Å²) in [5, 5.41) is 16.6. The van der Waals surface area contributed by atoms with E-state index in [0.717, 1.165) is 5.69 Å². The van der Waals surface area contributed by atoms with Gasteiger partial charge in [0, 0.05) is 16.9 Å². The number of nitrogens with one attached hydrogen (secondary N) is 2. The fourth-order valence-electron chi connectivity index (χ4n) is 4.19. The van der Waals surface area contributed by atoms with Crippen LogP contribution in [0.1, 0.15) is 25.0 Å². The van der Waals surface area contributed by atoms with Crippen LogP contribution < -0.4 is 10.6 Å². The minimum Gasteiger partial charge on any atom is -0.389 e. The summed E-state index contributed by atoms with van der Waals surface area (Å²) in [6.45, 7) is 0.765. The van der Waals surface area contributed by atoms with Gasteiger partial charge in [-0.1, -0.05) is 11.6 Å². The number of anilines is 1. The molecule has 2 aliphatic heterocycles. The second-order valence-corrected chi connectivity index (χ2v) is 8.84. The summed E-state index contributed by atoms with van der Waals surface area (Å²) in [6.07, 6.45) is 2.99. The van der Waals surface area contributed by atoms with Crippen molar-refractivity contribution in [3.8, 4) is 0 Å². The molecular weight excluding hydrogens is 462 g/mol. The Bertz CT molecular complexity index is 964. The molecule has 10 nitrogen and oxygen atoms in total. The highest BCUT2D eigenvalue weighted by Gasteiger charge is 2.40. The average molecular weight is 490 g/mol. The maximum Gasteiger partial charge on any atom is 0.322 e. The molecular formula is C23H28ClN5O5. The van der Waals surface area contributed by atoms with Crippen LogP contribution in [-0.2, 0) is 20.8 Å². The molecule has 3 heterocycles. The number of aliphatic hydroxyl groups excluding tert-OH is 1. The summed E-state index contributed by atoms with van der Waals surface area (Å²) in [6, 6.07) is 7.95. The molecule has 2 aromatic rings. The van der Waals surface area contributed by atoms with Gasteiger partial charge < -0.3 is 30.1 Å². The molecule has 0 bridgehead atoms. The van der Waals surface area contributed by atoms with E-state index in [9.17, 15) is 14.7 Å². The molecule has 2 saturated heterocycles. The zero-order valence-corrected chi connectivity index (χ0v) is 19.4. The number of carbonyl (C=O) groups is 2. The van der Waals surface area contributed by atoms with E-state index in [-0.39, 0.29) is 50.3 Å². The van der Waals surface area contributed by atoms with E-state index in [0.29, 0.717) is 30.1 Å². The van der Waals surface area contributed by atoms with Crippen molar-refractivity contribution in [2.24, 2.45) is 0 Å². The zero-order valence-electron chi connectivity index (χ0n) is 18.6. The Kier molecular flexibility index (Phi) is 8.28. The maximum absolute atomic E-state index is 13.1. The quantitative estimate of drug-likeness (QED) is 0.586. The molecule has 4 atom stereocenters. The van der Waals surface area contributed by atoms with Gasteiger partial charge in [-0.2, -0.15) is 0 Å². The van der Waals surface area contributed by atoms with Crippen LogP contribution in [0.2, 0.25) is 5.02 Å². The Morgan fingerprint density at radius 3 is 2.76 bits per heavy atom. The number of urea groups is 1. The lowest BCUT2D eigenvalue weighted by Crippen LogP contribution is -2.58. The number of amides is 3. The Hall–Kier alpha value is -2.79. The molecule has 0 radical (unpaired) electrons. The topological polar surface area (TPSA) is 126 Å². The number of β-amino-alcohol motifs (C(OH)–C–C–N with tert-alkyl or cyclic N) is 1. The molecule has 2 aliphatic rings. The number of aliphatic hydroxyl groups is 1. The highest BCUT2D eigenvalue weighted by Crippen LogP contribution is 2.28. The average Bonchev–Trinajstić information content (AvgIpc) is 2.82. The van der Waals surface area contributed by atoms with Crippen LogP contribution in [0.3, 0.4) is 0 Å². The van der Waals surface area contributed by atoms with Crippen LogP contribution in [0.15, 0.2) is 42.9 Å². The minimum atomic E-state index is -0.804. The molecule has 0 aliphatic carbocycles. The Balaban J connectivity index is 1.36. The van der Waals surface area contributed by atoms with E-state index in [1.807, 2.05) is 0 Å². The number of aromatic nitrogens is 2. The zero-order chi connectivity index (χ0) is 23.9. The highest BCUT2D eigenvalue weighted by atomic mass is 35.5. The Morgan fingerprint density at radius 2 is 2.00 bits per heavy atom. The molecule has 0 unspecified atom stereocenters. The summed E-state index contributed by atoms with van der Waals surface area (Å²) in [5.41, 5.74) is 1.33. The molecule has 11 heteroatoms. The number of benzene rings is 1. The summed E-state index contributed by atoms with van der Waals surface area (Å²) in [5.74, 6) is -0.137. The fraction of sp³-hybridized carbons (Fsp3) is 0.478. The van der Waals surface area contributed by atoms with E-state index in [1.54, 1.807) is 41.4 Å². The number of hydrogen-bond donors (Lipinski definition) is 3. The van der Waals surface area contributed by atoms with Gasteiger partial charge in [-0.05, 0) is 43.2 Å². The van der Waals surface area contributed by atoms with Crippen molar-refractivity contribution in [2.45, 2.75) is 50.2 Å². The van der Waals surface area contributed by atoms with Crippen molar-refractivity contribution in [2.75, 3.05) is 25.1 Å². The third-order valence-electron chi connectivity index (χ3n) is 5.86. The molecule has 0 spiro atoms. The first-order valence-electron chi connectivity index (χ1n) is 11.2. The number of hydrogen-bond acceptors (Lipinski definition) is 7.